The highest BCUT2D eigenvalue weighted by Crippen LogP contribution is 2.25. The third kappa shape index (κ3) is 3.51. The van der Waals surface area contributed by atoms with Crippen molar-refractivity contribution in [2.45, 2.75) is 30.5 Å². The summed E-state index contributed by atoms with van der Waals surface area (Å²) in [7, 11) is 0.194. The zero-order valence-corrected chi connectivity index (χ0v) is 12.4. The first kappa shape index (κ1) is 14.6. The molecular weight excluding hydrogens is 256 g/mol. The maximum absolute atomic E-state index is 12.2. The molecule has 0 aliphatic heterocycles. The van der Waals surface area contributed by atoms with E-state index < -0.39 is 10.0 Å². The molecule has 0 unspecified atom stereocenters. The van der Waals surface area contributed by atoms with Crippen LogP contribution < -0.4 is 5.32 Å². The standard InChI is InChI=1S/C11H20N2O2S2/c1-9(2)13(4)17(14,15)11-6-5-10(16-11)7-8-12-3/h5-6,9,12H,7-8H2,1-4H3. The van der Waals surface area contributed by atoms with Crippen molar-refractivity contribution in [3.8, 4) is 0 Å². The molecule has 0 atom stereocenters. The molecule has 0 spiro atoms. The minimum Gasteiger partial charge on any atom is -0.319 e. The first-order valence-corrected chi connectivity index (χ1v) is 7.86. The minimum atomic E-state index is -3.31. The van der Waals surface area contributed by atoms with Gasteiger partial charge in [-0.1, -0.05) is 0 Å². The summed E-state index contributed by atoms with van der Waals surface area (Å²) in [5.41, 5.74) is 0. The van der Waals surface area contributed by atoms with Crippen LogP contribution in [0.2, 0.25) is 0 Å². The van der Waals surface area contributed by atoms with Gasteiger partial charge >= 0.3 is 0 Å². The molecule has 1 heterocycles. The van der Waals surface area contributed by atoms with Crippen LogP contribution in [-0.4, -0.2) is 39.4 Å². The van der Waals surface area contributed by atoms with Crippen LogP contribution in [0.1, 0.15) is 18.7 Å². The second kappa shape index (κ2) is 5.95. The lowest BCUT2D eigenvalue weighted by Crippen LogP contribution is -2.32. The molecule has 0 aromatic carbocycles. The van der Waals surface area contributed by atoms with Gasteiger partial charge < -0.3 is 5.32 Å². The van der Waals surface area contributed by atoms with Crippen molar-refractivity contribution in [1.82, 2.24) is 9.62 Å². The quantitative estimate of drug-likeness (QED) is 0.857. The summed E-state index contributed by atoms with van der Waals surface area (Å²) < 4.78 is 26.2. The van der Waals surface area contributed by atoms with Gasteiger partial charge in [0.25, 0.3) is 10.0 Å². The van der Waals surface area contributed by atoms with Gasteiger partial charge in [0.05, 0.1) is 0 Å². The molecule has 1 aromatic rings. The molecule has 1 rings (SSSR count). The number of sulfonamides is 1. The predicted octanol–water partition coefficient (Wildman–Crippen LogP) is 1.54. The van der Waals surface area contributed by atoms with Gasteiger partial charge in [0.15, 0.2) is 0 Å². The Balaban J connectivity index is 2.89. The van der Waals surface area contributed by atoms with Crippen LogP contribution in [0, 0.1) is 0 Å². The first-order valence-electron chi connectivity index (χ1n) is 5.61. The highest BCUT2D eigenvalue weighted by molar-refractivity contribution is 7.91. The molecule has 0 saturated carbocycles. The average molecular weight is 276 g/mol. The van der Waals surface area contributed by atoms with E-state index in [0.29, 0.717) is 4.21 Å². The van der Waals surface area contributed by atoms with Crippen molar-refractivity contribution in [3.05, 3.63) is 17.0 Å². The van der Waals surface area contributed by atoms with E-state index in [1.165, 1.54) is 15.6 Å². The Morgan fingerprint density at radius 3 is 2.59 bits per heavy atom. The molecule has 98 valence electrons. The molecule has 0 bridgehead atoms. The van der Waals surface area contributed by atoms with Crippen molar-refractivity contribution in [2.24, 2.45) is 0 Å². The maximum Gasteiger partial charge on any atom is 0.252 e. The van der Waals surface area contributed by atoms with Crippen LogP contribution in [0.5, 0.6) is 0 Å². The van der Waals surface area contributed by atoms with Crippen LogP contribution in [0.4, 0.5) is 0 Å². The lowest BCUT2D eigenvalue weighted by molar-refractivity contribution is 0.412. The Morgan fingerprint density at radius 1 is 1.41 bits per heavy atom. The van der Waals surface area contributed by atoms with Gasteiger partial charge in [-0.25, -0.2) is 8.42 Å². The van der Waals surface area contributed by atoms with E-state index >= 15 is 0 Å². The smallest absolute Gasteiger partial charge is 0.252 e. The van der Waals surface area contributed by atoms with Gasteiger partial charge in [0.1, 0.15) is 4.21 Å². The van der Waals surface area contributed by atoms with Crippen molar-refractivity contribution < 1.29 is 8.42 Å². The van der Waals surface area contributed by atoms with Crippen LogP contribution in [0.3, 0.4) is 0 Å². The summed E-state index contributed by atoms with van der Waals surface area (Å²) in [5.74, 6) is 0. The van der Waals surface area contributed by atoms with E-state index in [2.05, 4.69) is 5.32 Å². The molecule has 0 radical (unpaired) electrons. The van der Waals surface area contributed by atoms with Gasteiger partial charge in [-0.15, -0.1) is 11.3 Å². The highest BCUT2D eigenvalue weighted by Gasteiger charge is 2.24. The zero-order valence-electron chi connectivity index (χ0n) is 10.7. The number of hydrogen-bond acceptors (Lipinski definition) is 4. The number of rotatable bonds is 6. The molecule has 0 aliphatic carbocycles. The van der Waals surface area contributed by atoms with Gasteiger partial charge in [-0.2, -0.15) is 4.31 Å². The Morgan fingerprint density at radius 2 is 2.06 bits per heavy atom. The fraction of sp³-hybridized carbons (Fsp3) is 0.636. The number of thiophene rings is 1. The van der Waals surface area contributed by atoms with Crippen molar-refractivity contribution in [3.63, 3.8) is 0 Å². The minimum absolute atomic E-state index is 0.0251. The number of likely N-dealkylation sites (N-methyl/N-ethyl adjacent to an activating group) is 1. The Hall–Kier alpha value is -0.430. The van der Waals surface area contributed by atoms with Crippen LogP contribution >= 0.6 is 11.3 Å². The third-order valence-corrected chi connectivity index (χ3v) is 6.26. The van der Waals surface area contributed by atoms with Crippen LogP contribution in [0.15, 0.2) is 16.3 Å². The van der Waals surface area contributed by atoms with Gasteiger partial charge in [0.2, 0.25) is 0 Å². The number of nitrogens with one attached hydrogen (secondary N) is 1. The second-order valence-corrected chi connectivity index (χ2v) is 7.58. The molecule has 17 heavy (non-hydrogen) atoms. The van der Waals surface area contributed by atoms with Gasteiger partial charge in [-0.05, 0) is 46.0 Å². The third-order valence-electron chi connectivity index (χ3n) is 2.62. The monoisotopic (exact) mass is 276 g/mol. The molecule has 0 saturated heterocycles. The van der Waals surface area contributed by atoms with Crippen molar-refractivity contribution in [1.29, 1.82) is 0 Å². The maximum atomic E-state index is 12.2. The molecule has 0 aliphatic rings. The second-order valence-electron chi connectivity index (χ2n) is 4.19. The summed E-state index contributed by atoms with van der Waals surface area (Å²) in [6.07, 6.45) is 0.863. The largest absolute Gasteiger partial charge is 0.319 e. The summed E-state index contributed by atoms with van der Waals surface area (Å²) >= 11 is 1.36. The molecule has 0 amide bonds. The van der Waals surface area contributed by atoms with Crippen LogP contribution in [0.25, 0.3) is 0 Å². The number of nitrogens with zero attached hydrogens (tertiary/aromatic N) is 1. The average Bonchev–Trinajstić information content (AvgIpc) is 2.74. The number of hydrogen-bond donors (Lipinski definition) is 1. The Labute approximate surface area is 108 Å². The first-order chi connectivity index (χ1) is 7.89. The summed E-state index contributed by atoms with van der Waals surface area (Å²) in [5, 5.41) is 3.05. The molecule has 4 nitrogen and oxygen atoms in total. The zero-order chi connectivity index (χ0) is 13.1. The fourth-order valence-corrected chi connectivity index (χ4v) is 4.21. The Kier molecular flexibility index (Phi) is 5.12. The molecule has 6 heteroatoms. The van der Waals surface area contributed by atoms with Gasteiger partial charge in [-0.3, -0.25) is 0 Å². The summed E-state index contributed by atoms with van der Waals surface area (Å²) in [4.78, 5) is 1.09. The van der Waals surface area contributed by atoms with Crippen molar-refractivity contribution >= 4 is 21.4 Å². The fourth-order valence-electron chi connectivity index (χ4n) is 1.30. The van der Waals surface area contributed by atoms with Crippen LogP contribution in [-0.2, 0) is 16.4 Å². The van der Waals surface area contributed by atoms with E-state index in [0.717, 1.165) is 17.8 Å². The van der Waals surface area contributed by atoms with E-state index in [9.17, 15) is 8.42 Å². The van der Waals surface area contributed by atoms with E-state index in [1.807, 2.05) is 27.0 Å². The molecule has 0 fully saturated rings. The molecule has 1 aromatic heterocycles. The van der Waals surface area contributed by atoms with E-state index in [1.54, 1.807) is 13.1 Å². The topological polar surface area (TPSA) is 49.4 Å². The lowest BCUT2D eigenvalue weighted by atomic mass is 10.3. The van der Waals surface area contributed by atoms with Gasteiger partial charge in [0, 0.05) is 18.0 Å². The Bertz CT molecular complexity index is 452. The summed E-state index contributed by atoms with van der Waals surface area (Å²) in [6.45, 7) is 4.60. The van der Waals surface area contributed by atoms with Crippen molar-refractivity contribution in [2.75, 3.05) is 20.6 Å². The summed E-state index contributed by atoms with van der Waals surface area (Å²) in [6, 6.07) is 3.57. The van der Waals surface area contributed by atoms with E-state index in [4.69, 9.17) is 0 Å². The molecule has 1 N–H and O–H groups in total. The predicted molar refractivity (Wildman–Crippen MR) is 72.0 cm³/mol. The van der Waals surface area contributed by atoms with E-state index in [-0.39, 0.29) is 6.04 Å². The highest BCUT2D eigenvalue weighted by atomic mass is 32.2. The SMILES string of the molecule is CNCCc1ccc(S(=O)(=O)N(C)C(C)C)s1. The lowest BCUT2D eigenvalue weighted by Gasteiger charge is -2.19. The normalized spacial score (nSPS) is 12.6. The molecular formula is C11H20N2O2S2.